The van der Waals surface area contributed by atoms with Crippen LogP contribution in [0.4, 0.5) is 0 Å². The fourth-order valence-electron chi connectivity index (χ4n) is 1.19. The Morgan fingerprint density at radius 1 is 1.29 bits per heavy atom. The second kappa shape index (κ2) is 10.4. The van der Waals surface area contributed by atoms with Gasteiger partial charge in [0.25, 0.3) is 0 Å². The van der Waals surface area contributed by atoms with Crippen molar-refractivity contribution in [1.29, 1.82) is 0 Å². The van der Waals surface area contributed by atoms with Crippen molar-refractivity contribution in [1.82, 2.24) is 0 Å². The number of hydrogen-bond acceptors (Lipinski definition) is 2. The summed E-state index contributed by atoms with van der Waals surface area (Å²) in [6.07, 6.45) is 5.71. The molecule has 0 saturated heterocycles. The summed E-state index contributed by atoms with van der Waals surface area (Å²) in [5.41, 5.74) is 0. The third-order valence-electron chi connectivity index (χ3n) is 2.12. The third-order valence-corrected chi connectivity index (χ3v) is 3.28. The average Bonchev–Trinajstić information content (AvgIpc) is 2.04. The first-order valence-electron chi connectivity index (χ1n) is 5.04. The molecule has 2 N–H and O–H groups in total. The first-order chi connectivity index (χ1) is 6.35. The van der Waals surface area contributed by atoms with Gasteiger partial charge in [0.05, 0.1) is 0 Å². The minimum atomic E-state index is -4.67. The van der Waals surface area contributed by atoms with E-state index in [4.69, 9.17) is 17.5 Å². The van der Waals surface area contributed by atoms with E-state index in [1.54, 1.807) is 0 Å². The van der Waals surface area contributed by atoms with Crippen LogP contribution in [0, 0.1) is 5.92 Å². The fourth-order valence-corrected chi connectivity index (χ4v) is 2.18. The average molecular weight is 234 g/mol. The van der Waals surface area contributed by atoms with Crippen molar-refractivity contribution in [3.05, 3.63) is 0 Å². The van der Waals surface area contributed by atoms with Crippen molar-refractivity contribution >= 4 is 38.3 Å². The summed E-state index contributed by atoms with van der Waals surface area (Å²) in [5.74, 6) is 1.07. The summed E-state index contributed by atoms with van der Waals surface area (Å²) in [6, 6.07) is 0. The number of hydrogen-bond donors (Lipinski definition) is 2. The van der Waals surface area contributed by atoms with Gasteiger partial charge in [0.15, 0.2) is 0 Å². The van der Waals surface area contributed by atoms with Crippen molar-refractivity contribution in [2.45, 2.75) is 43.2 Å². The van der Waals surface area contributed by atoms with Gasteiger partial charge in [-0.3, -0.25) is 9.11 Å². The van der Waals surface area contributed by atoms with Crippen molar-refractivity contribution < 1.29 is 17.5 Å². The molecule has 0 rings (SSSR count). The predicted octanol–water partition coefficient (Wildman–Crippen LogP) is 2.14. The van der Waals surface area contributed by atoms with Gasteiger partial charge in [-0.05, 0) is 0 Å². The smallest absolute Gasteiger partial charge is 0.264 e. The zero-order chi connectivity index (χ0) is 11.6. The maximum absolute atomic E-state index is 8.74. The Kier molecular flexibility index (Phi) is 12.8. The molecule has 82 valence electrons. The molecule has 0 amide bonds. The molecule has 6 heteroatoms. The molecule has 0 aliphatic carbocycles. The summed E-state index contributed by atoms with van der Waals surface area (Å²) in [6.45, 7) is 4.60. The molecule has 4 nitrogen and oxygen atoms in total. The van der Waals surface area contributed by atoms with Crippen LogP contribution in [-0.4, -0.2) is 45.5 Å². The first-order valence-corrected chi connectivity index (χ1v) is 7.86. The van der Waals surface area contributed by atoms with Crippen LogP contribution in [0.1, 0.15) is 39.5 Å². The van der Waals surface area contributed by atoms with E-state index in [0.717, 1.165) is 5.92 Å². The van der Waals surface area contributed by atoms with Crippen LogP contribution < -0.4 is 0 Å². The quantitative estimate of drug-likeness (QED) is 0.564. The third kappa shape index (κ3) is 23.0. The molecule has 0 radical (unpaired) electrons. The van der Waals surface area contributed by atoms with Crippen molar-refractivity contribution in [3.8, 4) is 0 Å². The van der Waals surface area contributed by atoms with Gasteiger partial charge in [0.1, 0.15) is 0 Å². The molecular weight excluding hydrogens is 215 g/mol. The fraction of sp³-hybridized carbons (Fsp3) is 1.00. The molecule has 0 aromatic carbocycles. The molecule has 0 heterocycles. The minimum absolute atomic E-state index is 1.07. The monoisotopic (exact) mass is 234 g/mol. The van der Waals surface area contributed by atoms with Crippen LogP contribution in [0.25, 0.3) is 0 Å². The van der Waals surface area contributed by atoms with Crippen molar-refractivity contribution in [2.24, 2.45) is 5.92 Å². The van der Waals surface area contributed by atoms with Crippen LogP contribution in [0.3, 0.4) is 0 Å². The Hall–Kier alpha value is 0.870. The van der Waals surface area contributed by atoms with Gasteiger partial charge in [0, 0.05) is 0 Å². The van der Waals surface area contributed by atoms with E-state index < -0.39 is 10.4 Å². The predicted molar refractivity (Wildman–Crippen MR) is 58.0 cm³/mol. The van der Waals surface area contributed by atoms with Gasteiger partial charge in [-0.15, -0.1) is 0 Å². The minimum Gasteiger partial charge on any atom is -0.264 e. The van der Waals surface area contributed by atoms with Gasteiger partial charge in [0.2, 0.25) is 0 Å². The summed E-state index contributed by atoms with van der Waals surface area (Å²) >= 11 is 1.40. The first kappa shape index (κ1) is 17.3. The van der Waals surface area contributed by atoms with E-state index in [1.807, 2.05) is 0 Å². The molecule has 0 aliphatic heterocycles. The second-order valence-corrected chi connectivity index (χ2v) is 4.98. The molecule has 0 aliphatic rings. The molecular formula is C8H19NaO4S. The van der Waals surface area contributed by atoms with Crippen LogP contribution in [0.2, 0.25) is 3.67 Å². The van der Waals surface area contributed by atoms with E-state index in [-0.39, 0.29) is 0 Å². The molecule has 1 unspecified atom stereocenters. The molecule has 0 bridgehead atoms. The van der Waals surface area contributed by atoms with E-state index in [0.29, 0.717) is 0 Å². The van der Waals surface area contributed by atoms with E-state index >= 15 is 0 Å². The normalized spacial score (nSPS) is 13.0. The maximum atomic E-state index is 8.74. The van der Waals surface area contributed by atoms with E-state index in [9.17, 15) is 0 Å². The Morgan fingerprint density at radius 3 is 1.93 bits per heavy atom. The Morgan fingerprint density at radius 2 is 1.71 bits per heavy atom. The van der Waals surface area contributed by atoms with Crippen LogP contribution in [0.15, 0.2) is 0 Å². The molecule has 0 spiro atoms. The number of rotatable bonds is 5. The zero-order valence-electron chi connectivity index (χ0n) is 9.23. The van der Waals surface area contributed by atoms with Crippen molar-refractivity contribution in [3.63, 3.8) is 0 Å². The molecule has 14 heavy (non-hydrogen) atoms. The topological polar surface area (TPSA) is 74.6 Å². The van der Waals surface area contributed by atoms with Gasteiger partial charge in [-0.2, -0.15) is 8.42 Å². The summed E-state index contributed by atoms with van der Waals surface area (Å²) < 4.78 is 33.1. The molecule has 0 saturated carbocycles. The number of unbranched alkanes of at least 4 members (excludes halogenated alkanes) is 1. The Bertz CT molecular complexity index is 191. The summed E-state index contributed by atoms with van der Waals surface area (Å²) in [7, 11) is -4.67. The second-order valence-electron chi connectivity index (χ2n) is 3.27. The van der Waals surface area contributed by atoms with Gasteiger partial charge in [-0.1, -0.05) is 0 Å². The SMILES string of the molecule is CCCCC(CC)[CH2][Na].O=S(=O)(O)O. The van der Waals surface area contributed by atoms with Gasteiger partial charge >= 0.3 is 87.4 Å². The zero-order valence-corrected chi connectivity index (χ0v) is 12.0. The van der Waals surface area contributed by atoms with Crippen molar-refractivity contribution in [2.75, 3.05) is 0 Å². The summed E-state index contributed by atoms with van der Waals surface area (Å²) in [4.78, 5) is 0. The molecule has 0 aromatic heterocycles. The Balaban J connectivity index is 0. The Labute approximate surface area is 104 Å². The van der Waals surface area contributed by atoms with E-state index in [1.165, 1.54) is 57.3 Å². The molecule has 1 atom stereocenters. The van der Waals surface area contributed by atoms with Gasteiger partial charge < -0.3 is 0 Å². The summed E-state index contributed by atoms with van der Waals surface area (Å²) in [5, 5.41) is 0. The molecule has 0 fully saturated rings. The van der Waals surface area contributed by atoms with E-state index in [2.05, 4.69) is 13.8 Å². The van der Waals surface area contributed by atoms with Gasteiger partial charge in [-0.25, -0.2) is 0 Å². The van der Waals surface area contributed by atoms with Crippen LogP contribution in [0.5, 0.6) is 0 Å². The standard InChI is InChI=1S/C8H17.Na.H2O4S/c1-4-6-7-8(3)5-2;;1-5(2,3)4/h8H,3-7H2,1-2H3;;(H2,1,2,3,4). The van der Waals surface area contributed by atoms with Crippen LogP contribution >= 0.6 is 0 Å². The largest absolute Gasteiger partial charge is 0.394 e. The maximum Gasteiger partial charge on any atom is 0.394 e. The van der Waals surface area contributed by atoms with Crippen LogP contribution in [-0.2, 0) is 10.4 Å². The molecule has 0 aromatic rings.